The van der Waals surface area contributed by atoms with Gasteiger partial charge in [0, 0.05) is 51.5 Å². The first-order chi connectivity index (χ1) is 11.1. The van der Waals surface area contributed by atoms with Gasteiger partial charge in [-0.15, -0.1) is 0 Å². The summed E-state index contributed by atoms with van der Waals surface area (Å²) < 4.78 is 0. The Morgan fingerprint density at radius 3 is 2.74 bits per heavy atom. The summed E-state index contributed by atoms with van der Waals surface area (Å²) in [5, 5.41) is 0. The summed E-state index contributed by atoms with van der Waals surface area (Å²) in [6, 6.07) is 0.104. The van der Waals surface area contributed by atoms with Crippen LogP contribution in [-0.2, 0) is 9.59 Å². The summed E-state index contributed by atoms with van der Waals surface area (Å²) in [4.78, 5) is 38.3. The second-order valence-electron chi connectivity index (χ2n) is 6.24. The monoisotopic (exact) mass is 319 g/mol. The molecule has 126 valence electrons. The lowest BCUT2D eigenvalue weighted by atomic mass is 10.0. The van der Waals surface area contributed by atoms with Crippen molar-refractivity contribution in [1.82, 2.24) is 24.7 Å². The van der Waals surface area contributed by atoms with E-state index in [1.807, 2.05) is 18.0 Å². The highest BCUT2D eigenvalue weighted by Gasteiger charge is 2.38. The van der Waals surface area contributed by atoms with Crippen LogP contribution >= 0.6 is 0 Å². The maximum absolute atomic E-state index is 12.8. The fraction of sp³-hybridized carbons (Fsp3) is 0.688. The van der Waals surface area contributed by atoms with Gasteiger partial charge >= 0.3 is 0 Å². The molecule has 1 aromatic rings. The predicted octanol–water partition coefficient (Wildman–Crippen LogP) is 0.483. The van der Waals surface area contributed by atoms with Crippen molar-refractivity contribution in [3.05, 3.63) is 18.2 Å². The van der Waals surface area contributed by atoms with E-state index in [1.54, 1.807) is 11.1 Å². The molecule has 0 aliphatic carbocycles. The van der Waals surface area contributed by atoms with Crippen molar-refractivity contribution in [3.63, 3.8) is 0 Å². The number of nitrogens with one attached hydrogen (secondary N) is 1. The molecule has 2 amide bonds. The van der Waals surface area contributed by atoms with Crippen molar-refractivity contribution in [2.45, 2.75) is 26.3 Å². The molecule has 7 nitrogen and oxygen atoms in total. The molecule has 3 heterocycles. The smallest absolute Gasteiger partial charge is 0.228 e. The topological polar surface area (TPSA) is 72.5 Å². The number of carbonyl (C=O) groups is 2. The first-order valence-corrected chi connectivity index (χ1v) is 8.43. The third kappa shape index (κ3) is 3.10. The van der Waals surface area contributed by atoms with Crippen LogP contribution < -0.4 is 0 Å². The van der Waals surface area contributed by atoms with E-state index in [1.165, 1.54) is 0 Å². The van der Waals surface area contributed by atoms with Gasteiger partial charge in [-0.1, -0.05) is 6.92 Å². The highest BCUT2D eigenvalue weighted by Crippen LogP contribution is 2.26. The quantitative estimate of drug-likeness (QED) is 0.876. The number of amides is 2. The van der Waals surface area contributed by atoms with Gasteiger partial charge in [-0.3, -0.25) is 14.5 Å². The van der Waals surface area contributed by atoms with Crippen LogP contribution in [0.3, 0.4) is 0 Å². The third-order valence-electron chi connectivity index (χ3n) is 4.99. The fourth-order valence-corrected chi connectivity index (χ4v) is 3.62. The molecule has 1 N–H and O–H groups in total. The molecule has 0 bridgehead atoms. The summed E-state index contributed by atoms with van der Waals surface area (Å²) in [6.07, 6.45) is 3.92. The molecular weight excluding hydrogens is 294 g/mol. The standard InChI is InChI=1S/C16H25N5O2/c1-3-19-7-8-21(11-13(19)15-17-5-6-18-15)16(23)12-9-14(22)20(4-2)10-12/h5-6,12-13H,3-4,7-11H2,1-2H3,(H,17,18)/t12-,13+/m0/s1. The normalized spacial score (nSPS) is 26.1. The second-order valence-corrected chi connectivity index (χ2v) is 6.24. The lowest BCUT2D eigenvalue weighted by Gasteiger charge is -2.40. The Hall–Kier alpha value is -1.89. The van der Waals surface area contributed by atoms with Crippen molar-refractivity contribution in [1.29, 1.82) is 0 Å². The molecule has 0 saturated carbocycles. The number of hydrogen-bond donors (Lipinski definition) is 1. The highest BCUT2D eigenvalue weighted by atomic mass is 16.2. The van der Waals surface area contributed by atoms with Crippen LogP contribution in [0.25, 0.3) is 0 Å². The van der Waals surface area contributed by atoms with Crippen LogP contribution in [0.1, 0.15) is 32.1 Å². The molecule has 0 unspecified atom stereocenters. The van der Waals surface area contributed by atoms with Crippen molar-refractivity contribution >= 4 is 11.8 Å². The Balaban J connectivity index is 1.69. The number of rotatable bonds is 4. The minimum Gasteiger partial charge on any atom is -0.347 e. The van der Waals surface area contributed by atoms with Gasteiger partial charge in [-0.05, 0) is 13.5 Å². The van der Waals surface area contributed by atoms with E-state index in [4.69, 9.17) is 0 Å². The average molecular weight is 319 g/mol. The number of likely N-dealkylation sites (tertiary alicyclic amines) is 1. The van der Waals surface area contributed by atoms with E-state index in [-0.39, 0.29) is 23.8 Å². The first-order valence-electron chi connectivity index (χ1n) is 8.43. The van der Waals surface area contributed by atoms with E-state index in [9.17, 15) is 9.59 Å². The maximum atomic E-state index is 12.8. The average Bonchev–Trinajstić information content (AvgIpc) is 3.23. The summed E-state index contributed by atoms with van der Waals surface area (Å²) >= 11 is 0. The van der Waals surface area contributed by atoms with Gasteiger partial charge in [-0.2, -0.15) is 0 Å². The van der Waals surface area contributed by atoms with E-state index in [2.05, 4.69) is 21.8 Å². The van der Waals surface area contributed by atoms with Crippen LogP contribution in [0.2, 0.25) is 0 Å². The largest absolute Gasteiger partial charge is 0.347 e. The molecule has 3 rings (SSSR count). The zero-order valence-corrected chi connectivity index (χ0v) is 13.9. The SMILES string of the molecule is CCN1C[C@@H](C(=O)N2CCN(CC)[C@@H](c3ncc[nH]3)C2)CC1=O. The minimum atomic E-state index is -0.187. The molecule has 2 aliphatic heterocycles. The zero-order chi connectivity index (χ0) is 16.4. The molecule has 23 heavy (non-hydrogen) atoms. The van der Waals surface area contributed by atoms with Crippen LogP contribution in [0.5, 0.6) is 0 Å². The Morgan fingerprint density at radius 1 is 1.30 bits per heavy atom. The number of aromatic nitrogens is 2. The van der Waals surface area contributed by atoms with Gasteiger partial charge in [0.15, 0.2) is 0 Å². The van der Waals surface area contributed by atoms with Gasteiger partial charge in [-0.25, -0.2) is 4.98 Å². The number of aromatic amines is 1. The van der Waals surface area contributed by atoms with Gasteiger partial charge < -0.3 is 14.8 Å². The lowest BCUT2D eigenvalue weighted by molar-refractivity contribution is -0.138. The summed E-state index contributed by atoms with van der Waals surface area (Å²) in [5.41, 5.74) is 0. The maximum Gasteiger partial charge on any atom is 0.228 e. The Kier molecular flexibility index (Phi) is 4.66. The van der Waals surface area contributed by atoms with Crippen molar-refractivity contribution < 1.29 is 9.59 Å². The first kappa shape index (κ1) is 16.0. The van der Waals surface area contributed by atoms with Gasteiger partial charge in [0.2, 0.25) is 11.8 Å². The van der Waals surface area contributed by atoms with Crippen LogP contribution in [-0.4, -0.2) is 75.8 Å². The third-order valence-corrected chi connectivity index (χ3v) is 4.99. The molecule has 2 fully saturated rings. The molecule has 2 atom stereocenters. The van der Waals surface area contributed by atoms with Gasteiger partial charge in [0.25, 0.3) is 0 Å². The number of likely N-dealkylation sites (N-methyl/N-ethyl adjacent to an activating group) is 1. The number of nitrogens with zero attached hydrogens (tertiary/aromatic N) is 4. The number of carbonyl (C=O) groups excluding carboxylic acids is 2. The lowest BCUT2D eigenvalue weighted by Crippen LogP contribution is -2.52. The fourth-order valence-electron chi connectivity index (χ4n) is 3.62. The van der Waals surface area contributed by atoms with Gasteiger partial charge in [0.1, 0.15) is 5.82 Å². The van der Waals surface area contributed by atoms with E-state index >= 15 is 0 Å². The predicted molar refractivity (Wildman–Crippen MR) is 85.5 cm³/mol. The Morgan fingerprint density at radius 2 is 2.13 bits per heavy atom. The highest BCUT2D eigenvalue weighted by molar-refractivity contribution is 5.89. The Bertz CT molecular complexity index is 559. The Labute approximate surface area is 136 Å². The molecule has 1 aromatic heterocycles. The van der Waals surface area contributed by atoms with Crippen LogP contribution in [0.15, 0.2) is 12.4 Å². The minimum absolute atomic E-state index is 0.0978. The molecule has 2 saturated heterocycles. The second kappa shape index (κ2) is 6.70. The molecule has 0 spiro atoms. The van der Waals surface area contributed by atoms with Crippen LogP contribution in [0.4, 0.5) is 0 Å². The number of imidazole rings is 1. The molecule has 0 aromatic carbocycles. The van der Waals surface area contributed by atoms with E-state index in [0.717, 1.165) is 25.5 Å². The summed E-state index contributed by atoms with van der Waals surface area (Å²) in [6.45, 7) is 8.46. The number of piperazine rings is 1. The molecule has 0 radical (unpaired) electrons. The van der Waals surface area contributed by atoms with Gasteiger partial charge in [0.05, 0.1) is 12.0 Å². The van der Waals surface area contributed by atoms with E-state index < -0.39 is 0 Å². The van der Waals surface area contributed by atoms with Crippen molar-refractivity contribution in [2.24, 2.45) is 5.92 Å². The van der Waals surface area contributed by atoms with Crippen molar-refractivity contribution in [2.75, 3.05) is 39.3 Å². The van der Waals surface area contributed by atoms with E-state index in [0.29, 0.717) is 26.1 Å². The molecule has 7 heteroatoms. The zero-order valence-electron chi connectivity index (χ0n) is 13.9. The number of H-pyrrole nitrogens is 1. The van der Waals surface area contributed by atoms with Crippen molar-refractivity contribution in [3.8, 4) is 0 Å². The molecule has 2 aliphatic rings. The van der Waals surface area contributed by atoms with Crippen LogP contribution in [0, 0.1) is 5.92 Å². The number of hydrogen-bond acceptors (Lipinski definition) is 4. The summed E-state index contributed by atoms with van der Waals surface area (Å²) in [7, 11) is 0. The summed E-state index contributed by atoms with van der Waals surface area (Å²) in [5.74, 6) is 0.928. The molecular formula is C16H25N5O2.